The minimum atomic E-state index is -1.09. The third-order valence-corrected chi connectivity index (χ3v) is 4.51. The summed E-state index contributed by atoms with van der Waals surface area (Å²) in [7, 11) is 0. The highest BCUT2D eigenvalue weighted by atomic mass is 32.2. The molecule has 0 radical (unpaired) electrons. The summed E-state index contributed by atoms with van der Waals surface area (Å²) >= 11 is 1.35. The van der Waals surface area contributed by atoms with Gasteiger partial charge in [-0.25, -0.2) is 8.78 Å². The van der Waals surface area contributed by atoms with Crippen molar-refractivity contribution in [2.24, 2.45) is 0 Å². The first kappa shape index (κ1) is 20.7. The number of nitrogens with zero attached hydrogens (tertiary/aromatic N) is 1. The Balaban J connectivity index is 2.33. The van der Waals surface area contributed by atoms with Crippen molar-refractivity contribution in [3.63, 3.8) is 0 Å². The minimum Gasteiger partial charge on any atom is -0.356 e. The Hall–Kier alpha value is -2.61. The number of anilines is 2. The quantitative estimate of drug-likeness (QED) is 0.476. The van der Waals surface area contributed by atoms with Crippen LogP contribution >= 0.6 is 11.9 Å². The van der Waals surface area contributed by atoms with Gasteiger partial charge in [-0.2, -0.15) is 0 Å². The predicted octanol–water partition coefficient (Wildman–Crippen LogP) is 3.81. The number of carbonyl (C=O) groups is 2. The SMILES string of the molecule is CSNc1ccccc1-c1ccc(N(C=O)CCC(C)NC=O)c(F)c1F. The summed E-state index contributed by atoms with van der Waals surface area (Å²) in [5.41, 5.74) is 1.16. The van der Waals surface area contributed by atoms with Gasteiger partial charge in [0.15, 0.2) is 11.6 Å². The standard InChI is InChI=1S/C19H21F2N3O2S/c1-13(22-11-25)9-10-24(12-26)17-8-7-15(18(20)19(17)21)14-5-3-4-6-16(14)23-27-2/h3-8,11-13,23H,9-10H2,1-2H3,(H,22,25). The number of hydrogen-bond acceptors (Lipinski definition) is 4. The molecule has 0 aliphatic carbocycles. The summed E-state index contributed by atoms with van der Waals surface area (Å²) in [5, 5.41) is 2.55. The van der Waals surface area contributed by atoms with Crippen LogP contribution in [-0.2, 0) is 9.59 Å². The van der Waals surface area contributed by atoms with Gasteiger partial charge in [-0.1, -0.05) is 30.1 Å². The number of nitrogens with one attached hydrogen (secondary N) is 2. The number of carbonyl (C=O) groups excluding carboxylic acids is 2. The number of rotatable bonds is 10. The second-order valence-electron chi connectivity index (χ2n) is 5.89. The lowest BCUT2D eigenvalue weighted by molar-refractivity contribution is -0.110. The van der Waals surface area contributed by atoms with E-state index in [0.717, 1.165) is 4.90 Å². The lowest BCUT2D eigenvalue weighted by atomic mass is 10.0. The molecule has 144 valence electrons. The summed E-state index contributed by atoms with van der Waals surface area (Å²) in [4.78, 5) is 22.9. The summed E-state index contributed by atoms with van der Waals surface area (Å²) in [6.45, 7) is 1.90. The van der Waals surface area contributed by atoms with Crippen molar-refractivity contribution in [2.45, 2.75) is 19.4 Å². The fourth-order valence-electron chi connectivity index (χ4n) is 2.65. The lowest BCUT2D eigenvalue weighted by Gasteiger charge is -2.21. The molecule has 0 saturated heterocycles. The van der Waals surface area contributed by atoms with Crippen molar-refractivity contribution in [3.8, 4) is 11.1 Å². The van der Waals surface area contributed by atoms with Crippen molar-refractivity contribution in [1.29, 1.82) is 0 Å². The van der Waals surface area contributed by atoms with Gasteiger partial charge in [0.05, 0.1) is 11.4 Å². The third-order valence-electron chi connectivity index (χ3n) is 4.08. The van der Waals surface area contributed by atoms with Crippen molar-refractivity contribution < 1.29 is 18.4 Å². The van der Waals surface area contributed by atoms with Crippen LogP contribution in [0.15, 0.2) is 36.4 Å². The highest BCUT2D eigenvalue weighted by Crippen LogP contribution is 2.35. The second-order valence-corrected chi connectivity index (χ2v) is 6.50. The number of benzene rings is 2. The van der Waals surface area contributed by atoms with Crippen LogP contribution in [0.5, 0.6) is 0 Å². The fraction of sp³-hybridized carbons (Fsp3) is 0.263. The molecule has 2 amide bonds. The number of amides is 2. The van der Waals surface area contributed by atoms with Crippen molar-refractivity contribution in [1.82, 2.24) is 5.32 Å². The van der Waals surface area contributed by atoms with Gasteiger partial charge in [-0.3, -0.25) is 9.59 Å². The van der Waals surface area contributed by atoms with Gasteiger partial charge in [0, 0.05) is 30.0 Å². The normalized spacial score (nSPS) is 11.6. The first-order valence-corrected chi connectivity index (χ1v) is 9.54. The van der Waals surface area contributed by atoms with E-state index in [4.69, 9.17) is 0 Å². The first-order valence-electron chi connectivity index (χ1n) is 8.31. The highest BCUT2D eigenvalue weighted by molar-refractivity contribution is 7.99. The molecule has 8 heteroatoms. The van der Waals surface area contributed by atoms with E-state index in [-0.39, 0.29) is 23.8 Å². The summed E-state index contributed by atoms with van der Waals surface area (Å²) in [5.74, 6) is -2.11. The molecule has 27 heavy (non-hydrogen) atoms. The average molecular weight is 393 g/mol. The molecule has 0 aliphatic rings. The zero-order valence-electron chi connectivity index (χ0n) is 15.0. The van der Waals surface area contributed by atoms with E-state index in [1.807, 2.05) is 6.26 Å². The van der Waals surface area contributed by atoms with E-state index < -0.39 is 11.6 Å². The summed E-state index contributed by atoms with van der Waals surface area (Å²) < 4.78 is 32.5. The molecule has 0 saturated carbocycles. The fourth-order valence-corrected chi connectivity index (χ4v) is 3.05. The van der Waals surface area contributed by atoms with Crippen LogP contribution in [0, 0.1) is 11.6 Å². The number of para-hydroxylation sites is 1. The van der Waals surface area contributed by atoms with Crippen molar-refractivity contribution >= 4 is 36.1 Å². The van der Waals surface area contributed by atoms with Gasteiger partial charge in [-0.15, -0.1) is 0 Å². The van der Waals surface area contributed by atoms with Gasteiger partial charge < -0.3 is 14.9 Å². The van der Waals surface area contributed by atoms with Crippen LogP contribution in [0.25, 0.3) is 11.1 Å². The van der Waals surface area contributed by atoms with Gasteiger partial charge in [0.2, 0.25) is 12.8 Å². The van der Waals surface area contributed by atoms with E-state index in [0.29, 0.717) is 30.5 Å². The highest BCUT2D eigenvalue weighted by Gasteiger charge is 2.20. The van der Waals surface area contributed by atoms with Crippen LogP contribution in [0.3, 0.4) is 0 Å². The molecule has 0 spiro atoms. The smallest absolute Gasteiger partial charge is 0.214 e. The Bertz CT molecular complexity index is 805. The zero-order valence-corrected chi connectivity index (χ0v) is 15.9. The first-order chi connectivity index (χ1) is 13.0. The molecular formula is C19H21F2N3O2S. The molecular weight excluding hydrogens is 372 g/mol. The van der Waals surface area contributed by atoms with Crippen LogP contribution in [0.4, 0.5) is 20.2 Å². The Morgan fingerprint density at radius 2 is 1.85 bits per heavy atom. The van der Waals surface area contributed by atoms with Crippen LogP contribution in [0.1, 0.15) is 13.3 Å². The molecule has 0 aromatic heterocycles. The van der Waals surface area contributed by atoms with Crippen LogP contribution in [0.2, 0.25) is 0 Å². The van der Waals surface area contributed by atoms with Gasteiger partial charge >= 0.3 is 0 Å². The topological polar surface area (TPSA) is 61.4 Å². The molecule has 1 unspecified atom stereocenters. The maximum atomic E-state index is 14.8. The Morgan fingerprint density at radius 1 is 1.11 bits per heavy atom. The van der Waals surface area contributed by atoms with Gasteiger partial charge in [-0.05, 0) is 31.5 Å². The molecule has 0 bridgehead atoms. The van der Waals surface area contributed by atoms with E-state index in [9.17, 15) is 18.4 Å². The molecule has 2 aromatic rings. The summed E-state index contributed by atoms with van der Waals surface area (Å²) in [6, 6.07) is 9.66. The molecule has 5 nitrogen and oxygen atoms in total. The van der Waals surface area contributed by atoms with E-state index in [2.05, 4.69) is 10.0 Å². The monoisotopic (exact) mass is 393 g/mol. The van der Waals surface area contributed by atoms with E-state index in [1.54, 1.807) is 31.2 Å². The maximum absolute atomic E-state index is 14.8. The number of hydrogen-bond donors (Lipinski definition) is 2. The van der Waals surface area contributed by atoms with Gasteiger partial charge in [0.25, 0.3) is 0 Å². The minimum absolute atomic E-state index is 0.107. The Morgan fingerprint density at radius 3 is 2.52 bits per heavy atom. The summed E-state index contributed by atoms with van der Waals surface area (Å²) in [6.07, 6.45) is 3.25. The Labute approximate surface area is 161 Å². The molecule has 2 N–H and O–H groups in total. The average Bonchev–Trinajstić information content (AvgIpc) is 2.66. The van der Waals surface area contributed by atoms with E-state index >= 15 is 0 Å². The predicted molar refractivity (Wildman–Crippen MR) is 106 cm³/mol. The third kappa shape index (κ3) is 4.97. The molecule has 1 atom stereocenters. The van der Waals surface area contributed by atoms with Crippen molar-refractivity contribution in [3.05, 3.63) is 48.0 Å². The maximum Gasteiger partial charge on any atom is 0.214 e. The van der Waals surface area contributed by atoms with Gasteiger partial charge in [0.1, 0.15) is 0 Å². The van der Waals surface area contributed by atoms with Crippen LogP contribution in [-0.4, -0.2) is 31.7 Å². The molecule has 2 rings (SSSR count). The lowest BCUT2D eigenvalue weighted by Crippen LogP contribution is -2.31. The molecule has 0 aliphatic heterocycles. The molecule has 0 heterocycles. The number of halogens is 2. The molecule has 0 fully saturated rings. The largest absolute Gasteiger partial charge is 0.356 e. The van der Waals surface area contributed by atoms with E-state index in [1.165, 1.54) is 24.1 Å². The Kier molecular flexibility index (Phi) is 7.60. The van der Waals surface area contributed by atoms with Crippen LogP contribution < -0.4 is 14.9 Å². The second kappa shape index (κ2) is 9.91. The zero-order chi connectivity index (χ0) is 19.8. The van der Waals surface area contributed by atoms with Crippen molar-refractivity contribution in [2.75, 3.05) is 22.4 Å². The molecule has 2 aromatic carbocycles.